The molecule has 0 aliphatic rings. The number of methoxy groups -OCH3 is 1. The lowest BCUT2D eigenvalue weighted by Gasteiger charge is -2.10. The first-order chi connectivity index (χ1) is 11.7. The Morgan fingerprint density at radius 3 is 2.71 bits per heavy atom. The Bertz CT molecular complexity index is 686. The number of esters is 1. The molecule has 128 valence electrons. The molecule has 0 radical (unpaired) electrons. The van der Waals surface area contributed by atoms with E-state index in [9.17, 15) is 4.79 Å². The van der Waals surface area contributed by atoms with Crippen molar-refractivity contribution >= 4 is 39.6 Å². The van der Waals surface area contributed by atoms with Crippen LogP contribution in [-0.4, -0.2) is 38.0 Å². The smallest absolute Gasteiger partial charge is 0.341 e. The largest absolute Gasteiger partial charge is 0.462 e. The van der Waals surface area contributed by atoms with Crippen LogP contribution in [0.3, 0.4) is 0 Å². The van der Waals surface area contributed by atoms with Gasteiger partial charge in [0, 0.05) is 18.5 Å². The van der Waals surface area contributed by atoms with E-state index >= 15 is 0 Å². The Kier molecular flexibility index (Phi) is 7.17. The molecule has 24 heavy (non-hydrogen) atoms. The second kappa shape index (κ2) is 9.36. The van der Waals surface area contributed by atoms with E-state index in [2.05, 4.69) is 10.6 Å². The van der Waals surface area contributed by atoms with Crippen molar-refractivity contribution in [3.8, 4) is 10.4 Å². The highest BCUT2D eigenvalue weighted by Crippen LogP contribution is 2.35. The third-order valence-electron chi connectivity index (χ3n) is 3.10. The van der Waals surface area contributed by atoms with Crippen LogP contribution in [0.4, 0.5) is 5.00 Å². The van der Waals surface area contributed by atoms with Gasteiger partial charge >= 0.3 is 5.97 Å². The molecule has 0 bridgehead atoms. The second-order valence-corrected chi connectivity index (χ2v) is 6.27. The van der Waals surface area contributed by atoms with Gasteiger partial charge in [-0.2, -0.15) is 0 Å². The van der Waals surface area contributed by atoms with Crippen molar-refractivity contribution in [1.82, 2.24) is 5.32 Å². The minimum absolute atomic E-state index is 0.325. The Morgan fingerprint density at radius 1 is 1.29 bits per heavy atom. The van der Waals surface area contributed by atoms with E-state index in [1.807, 2.05) is 36.4 Å². The van der Waals surface area contributed by atoms with Gasteiger partial charge in [0.15, 0.2) is 5.11 Å². The molecule has 2 rings (SSSR count). The summed E-state index contributed by atoms with van der Waals surface area (Å²) in [5.74, 6) is -0.363. The van der Waals surface area contributed by atoms with Crippen LogP contribution in [0.25, 0.3) is 10.4 Å². The summed E-state index contributed by atoms with van der Waals surface area (Å²) in [7, 11) is 1.63. The van der Waals surface area contributed by atoms with Crippen LogP contribution in [0.1, 0.15) is 17.3 Å². The van der Waals surface area contributed by atoms with Crippen molar-refractivity contribution in [1.29, 1.82) is 0 Å². The van der Waals surface area contributed by atoms with Crippen LogP contribution >= 0.6 is 23.6 Å². The number of carbonyl (C=O) groups is 1. The third-order valence-corrected chi connectivity index (χ3v) is 4.45. The highest BCUT2D eigenvalue weighted by Gasteiger charge is 2.18. The number of carbonyl (C=O) groups excluding carboxylic acids is 1. The molecule has 0 unspecified atom stereocenters. The minimum atomic E-state index is -0.363. The molecule has 1 heterocycles. The number of hydrogen-bond donors (Lipinski definition) is 2. The second-order valence-electron chi connectivity index (χ2n) is 4.81. The molecule has 0 aliphatic carbocycles. The first-order valence-corrected chi connectivity index (χ1v) is 8.78. The quantitative estimate of drug-likeness (QED) is 0.445. The first-order valence-electron chi connectivity index (χ1n) is 7.55. The Hall–Kier alpha value is -1.96. The van der Waals surface area contributed by atoms with Crippen LogP contribution < -0.4 is 10.6 Å². The number of thiocarbonyl (C=S) groups is 1. The Labute approximate surface area is 151 Å². The topological polar surface area (TPSA) is 59.6 Å². The fourth-order valence-corrected chi connectivity index (χ4v) is 3.33. The molecule has 0 aliphatic heterocycles. The van der Waals surface area contributed by atoms with Gasteiger partial charge in [-0.1, -0.05) is 30.3 Å². The molecule has 2 N–H and O–H groups in total. The normalized spacial score (nSPS) is 10.2. The Morgan fingerprint density at radius 2 is 2.04 bits per heavy atom. The van der Waals surface area contributed by atoms with Crippen molar-refractivity contribution in [3.05, 3.63) is 42.0 Å². The number of nitrogens with one attached hydrogen (secondary N) is 2. The van der Waals surface area contributed by atoms with Crippen molar-refractivity contribution in [3.63, 3.8) is 0 Å². The Balaban J connectivity index is 2.22. The van der Waals surface area contributed by atoms with Gasteiger partial charge in [-0.15, -0.1) is 11.3 Å². The number of thiophene rings is 1. The first kappa shape index (κ1) is 18.4. The molecule has 5 nitrogen and oxygen atoms in total. The number of hydrogen-bond acceptors (Lipinski definition) is 5. The molecule has 0 spiro atoms. The summed E-state index contributed by atoms with van der Waals surface area (Å²) in [4.78, 5) is 13.2. The van der Waals surface area contributed by atoms with Crippen molar-refractivity contribution in [2.24, 2.45) is 0 Å². The average Bonchev–Trinajstić information content (AvgIpc) is 3.00. The summed E-state index contributed by atoms with van der Waals surface area (Å²) in [5, 5.41) is 7.22. The molecule has 7 heteroatoms. The molecule has 0 saturated heterocycles. The maximum atomic E-state index is 12.2. The van der Waals surface area contributed by atoms with Crippen LogP contribution in [-0.2, 0) is 9.47 Å². The van der Waals surface area contributed by atoms with E-state index in [1.54, 1.807) is 14.0 Å². The van der Waals surface area contributed by atoms with Gasteiger partial charge in [-0.25, -0.2) is 4.79 Å². The molecule has 1 aromatic heterocycles. The molecule has 2 aromatic rings. The number of ether oxygens (including phenoxy) is 2. The molecule has 0 fully saturated rings. The average molecular weight is 364 g/mol. The van der Waals surface area contributed by atoms with E-state index < -0.39 is 0 Å². The number of benzene rings is 1. The SMILES string of the molecule is CCOC(=O)c1cc(-c2ccccc2)sc1NC(=S)NCCOC. The zero-order chi connectivity index (χ0) is 17.4. The monoisotopic (exact) mass is 364 g/mol. The van der Waals surface area contributed by atoms with Gasteiger partial charge in [-0.05, 0) is 30.8 Å². The fourth-order valence-electron chi connectivity index (χ4n) is 2.00. The minimum Gasteiger partial charge on any atom is -0.462 e. The van der Waals surface area contributed by atoms with Gasteiger partial charge in [0.05, 0.1) is 18.8 Å². The van der Waals surface area contributed by atoms with E-state index in [0.29, 0.717) is 35.4 Å². The maximum absolute atomic E-state index is 12.2. The standard InChI is InChI=1S/C17H20N2O3S2/c1-3-22-16(20)13-11-14(12-7-5-4-6-8-12)24-15(13)19-17(23)18-9-10-21-2/h4-8,11H,3,9-10H2,1-2H3,(H2,18,19,23). The molecule has 0 amide bonds. The van der Waals surface area contributed by atoms with Crippen LogP contribution in [0.15, 0.2) is 36.4 Å². The molecule has 1 aromatic carbocycles. The molecule has 0 atom stereocenters. The van der Waals surface area contributed by atoms with E-state index in [0.717, 1.165) is 10.4 Å². The van der Waals surface area contributed by atoms with E-state index in [-0.39, 0.29) is 5.97 Å². The van der Waals surface area contributed by atoms with Crippen molar-refractivity contribution in [2.75, 3.05) is 32.2 Å². The van der Waals surface area contributed by atoms with Gasteiger partial charge in [0.1, 0.15) is 5.00 Å². The number of rotatable bonds is 7. The summed E-state index contributed by atoms with van der Waals surface area (Å²) < 4.78 is 10.1. The van der Waals surface area contributed by atoms with Crippen LogP contribution in [0.5, 0.6) is 0 Å². The number of anilines is 1. The summed E-state index contributed by atoms with van der Waals surface area (Å²) in [6.45, 7) is 3.25. The molecule has 0 saturated carbocycles. The lowest BCUT2D eigenvalue weighted by Crippen LogP contribution is -2.31. The molecular formula is C17H20N2O3S2. The fraction of sp³-hybridized carbons (Fsp3) is 0.294. The highest BCUT2D eigenvalue weighted by atomic mass is 32.1. The summed E-state index contributed by atoms with van der Waals surface area (Å²) in [6, 6.07) is 11.7. The van der Waals surface area contributed by atoms with Crippen molar-refractivity contribution < 1.29 is 14.3 Å². The summed E-state index contributed by atoms with van der Waals surface area (Å²) in [6.07, 6.45) is 0. The molecular weight excluding hydrogens is 344 g/mol. The van der Waals surface area contributed by atoms with E-state index in [1.165, 1.54) is 11.3 Å². The van der Waals surface area contributed by atoms with Gasteiger partial charge in [0.25, 0.3) is 0 Å². The van der Waals surface area contributed by atoms with Gasteiger partial charge in [0.2, 0.25) is 0 Å². The van der Waals surface area contributed by atoms with Crippen LogP contribution in [0.2, 0.25) is 0 Å². The highest BCUT2D eigenvalue weighted by molar-refractivity contribution is 7.80. The third kappa shape index (κ3) is 5.02. The van der Waals surface area contributed by atoms with Crippen molar-refractivity contribution in [2.45, 2.75) is 6.92 Å². The van der Waals surface area contributed by atoms with E-state index in [4.69, 9.17) is 21.7 Å². The summed E-state index contributed by atoms with van der Waals surface area (Å²) >= 11 is 6.73. The van der Waals surface area contributed by atoms with Gasteiger partial charge < -0.3 is 20.1 Å². The lowest BCUT2D eigenvalue weighted by atomic mass is 10.1. The zero-order valence-electron chi connectivity index (χ0n) is 13.6. The lowest BCUT2D eigenvalue weighted by molar-refractivity contribution is 0.0528. The zero-order valence-corrected chi connectivity index (χ0v) is 15.3. The predicted molar refractivity (Wildman–Crippen MR) is 102 cm³/mol. The maximum Gasteiger partial charge on any atom is 0.341 e. The predicted octanol–water partition coefficient (Wildman–Crippen LogP) is 3.52. The summed E-state index contributed by atoms with van der Waals surface area (Å²) in [5.41, 5.74) is 1.52. The van der Waals surface area contributed by atoms with Gasteiger partial charge in [-0.3, -0.25) is 0 Å². The van der Waals surface area contributed by atoms with Crippen LogP contribution in [0, 0.1) is 0 Å².